The average molecular weight is 727 g/mol. The van der Waals surface area contributed by atoms with Gasteiger partial charge in [0.2, 0.25) is 0 Å². The number of ether oxygens (including phenoxy) is 1. The summed E-state index contributed by atoms with van der Waals surface area (Å²) in [6.45, 7) is 27.8. The normalized spacial score (nSPS) is 12.5. The smallest absolute Gasteiger partial charge is 0.119 e. The highest BCUT2D eigenvalue weighted by molar-refractivity contribution is 7.79. The maximum absolute atomic E-state index is 10.1. The van der Waals surface area contributed by atoms with E-state index < -0.39 is 0 Å². The molecule has 5 heteroatoms. The first-order valence-electron chi connectivity index (χ1n) is 21.4. The van der Waals surface area contributed by atoms with Crippen molar-refractivity contribution in [3.63, 3.8) is 0 Å². The number of nitrogens with one attached hydrogen (secondary N) is 1. The first-order chi connectivity index (χ1) is 23.9. The van der Waals surface area contributed by atoms with E-state index in [-0.39, 0.29) is 11.0 Å². The Kier molecular flexibility index (Phi) is 53.8. The maximum Gasteiger partial charge on any atom is 0.119 e. The Morgan fingerprint density at radius 3 is 1.32 bits per heavy atom. The molecule has 1 N–H and O–H groups in total. The van der Waals surface area contributed by atoms with Gasteiger partial charge in [0.25, 0.3) is 0 Å². The van der Waals surface area contributed by atoms with E-state index in [9.17, 15) is 4.79 Å². The maximum atomic E-state index is 10.1. The van der Waals surface area contributed by atoms with Crippen LogP contribution in [0.1, 0.15) is 244 Å². The van der Waals surface area contributed by atoms with Crippen molar-refractivity contribution in [2.45, 2.75) is 250 Å². The minimum absolute atomic E-state index is 0.120. The van der Waals surface area contributed by atoms with Crippen molar-refractivity contribution >= 4 is 30.5 Å². The molecule has 4 nitrogen and oxygen atoms in total. The lowest BCUT2D eigenvalue weighted by Gasteiger charge is -2.43. The number of allylic oxidation sites excluding steroid dienone is 2. The number of nitrogens with zero attached hydrogens (tertiary/aromatic N) is 1. The highest BCUT2D eigenvalue weighted by atomic mass is 32.1. The quantitative estimate of drug-likeness (QED) is 0.0383. The molecule has 0 aliphatic rings. The molecule has 0 aromatic carbocycles. The van der Waals surface area contributed by atoms with Crippen LogP contribution in [0.2, 0.25) is 0 Å². The molecule has 0 saturated carbocycles. The zero-order chi connectivity index (χ0) is 39.5. The van der Waals surface area contributed by atoms with Crippen molar-refractivity contribution in [3.05, 3.63) is 11.6 Å². The molecule has 0 aromatic heterocycles. The fraction of sp³-hybridized carbons (Fsp3) is 0.889. The third-order valence-corrected chi connectivity index (χ3v) is 10.1. The Labute approximate surface area is 322 Å². The Bertz CT molecular complexity index is 741. The molecular weight excluding hydrogens is 633 g/mol. The minimum Gasteiger partial charge on any atom is -0.378 e. The van der Waals surface area contributed by atoms with E-state index in [4.69, 9.17) is 10.1 Å². The Morgan fingerprint density at radius 1 is 0.660 bits per heavy atom. The van der Waals surface area contributed by atoms with Crippen molar-refractivity contribution in [1.82, 2.24) is 0 Å². The van der Waals surface area contributed by atoms with Gasteiger partial charge in [-0.05, 0) is 76.7 Å². The van der Waals surface area contributed by atoms with Crippen molar-refractivity contribution in [2.24, 2.45) is 9.81 Å². The van der Waals surface area contributed by atoms with Gasteiger partial charge in [-0.25, -0.2) is 4.40 Å². The Morgan fingerprint density at radius 2 is 1.04 bits per heavy atom. The van der Waals surface area contributed by atoms with Crippen molar-refractivity contribution < 1.29 is 9.53 Å². The summed E-state index contributed by atoms with van der Waals surface area (Å²) in [5, 5.41) is 7.77. The lowest BCUT2D eigenvalue weighted by molar-refractivity contribution is -0.107. The van der Waals surface area contributed by atoms with E-state index >= 15 is 0 Å². The average Bonchev–Trinajstić information content (AvgIpc) is 3.13. The number of hydrogen-bond acceptors (Lipinski definition) is 5. The van der Waals surface area contributed by atoms with Gasteiger partial charge in [0.1, 0.15) is 6.29 Å². The van der Waals surface area contributed by atoms with Crippen LogP contribution in [0.4, 0.5) is 0 Å². The van der Waals surface area contributed by atoms with Crippen LogP contribution < -0.4 is 0 Å². The molecule has 0 radical (unpaired) electrons. The van der Waals surface area contributed by atoms with Crippen LogP contribution in [0, 0.1) is 10.8 Å². The molecule has 0 saturated heterocycles. The van der Waals surface area contributed by atoms with Crippen LogP contribution in [-0.2, 0) is 9.53 Å². The van der Waals surface area contributed by atoms with Gasteiger partial charge in [0.05, 0.1) is 17.0 Å². The number of methoxy groups -OCH3 is 1. The molecule has 0 heterocycles. The van der Waals surface area contributed by atoms with Gasteiger partial charge < -0.3 is 14.9 Å². The summed E-state index contributed by atoms with van der Waals surface area (Å²) < 4.78 is 9.65. The number of rotatable bonds is 27. The van der Waals surface area contributed by atoms with E-state index in [0.29, 0.717) is 11.4 Å². The van der Waals surface area contributed by atoms with Crippen molar-refractivity contribution in [2.75, 3.05) is 7.11 Å². The minimum atomic E-state index is -0.153. The first kappa shape index (κ1) is 58.4. The lowest BCUT2D eigenvalue weighted by atomic mass is 9.70. The lowest BCUT2D eigenvalue weighted by Crippen LogP contribution is -2.42. The summed E-state index contributed by atoms with van der Waals surface area (Å²) in [6, 6.07) is 0. The summed E-state index contributed by atoms with van der Waals surface area (Å²) >= 11 is 3.99. The monoisotopic (exact) mass is 727 g/mol. The second-order valence-corrected chi connectivity index (χ2v) is 14.4. The number of thiol groups is 1. The Hall–Kier alpha value is -0.940. The summed E-state index contributed by atoms with van der Waals surface area (Å²) in [7, 11) is 1.78. The zero-order valence-electron chi connectivity index (χ0n) is 36.8. The molecule has 1 atom stereocenters. The van der Waals surface area contributed by atoms with Gasteiger partial charge in [-0.2, -0.15) is 0 Å². The molecule has 50 heavy (non-hydrogen) atoms. The summed E-state index contributed by atoms with van der Waals surface area (Å²) in [6.07, 6.45) is 33.9. The topological polar surface area (TPSA) is 62.5 Å². The molecule has 0 fully saturated rings. The molecule has 0 bridgehead atoms. The van der Waals surface area contributed by atoms with E-state index in [2.05, 4.69) is 92.5 Å². The van der Waals surface area contributed by atoms with E-state index in [1.165, 1.54) is 116 Å². The standard InChI is InChI=1S/C17H32N2OS.C15H30O.C7H16.C4H10.C2H6/c1-8-14(15(19-21)13(3)18)11-10-12-17(6,9-2)16(4,5)20-7;1-2-3-4-5-6-7-8-9-10-11-12-13-14-15-16;1-3-5-7-6-4-2;1-3-4-2;1-2/h11,18,21H,8-10,12H2,1-7H3;15H,2-14H2,1H3;3-7H2,1-2H3;3-4H2,1-2H3;1-2H3/b14-11+,18-13?,19-15+;;;;. The first-order valence-corrected chi connectivity index (χ1v) is 21.8. The highest BCUT2D eigenvalue weighted by Gasteiger charge is 2.39. The molecule has 0 spiro atoms. The molecular formula is C45H94N2O2S. The molecule has 0 aromatic rings. The van der Waals surface area contributed by atoms with E-state index in [1.54, 1.807) is 14.0 Å². The summed E-state index contributed by atoms with van der Waals surface area (Å²) in [5.74, 6) is 0. The fourth-order valence-electron chi connectivity index (χ4n) is 5.25. The van der Waals surface area contributed by atoms with E-state index in [0.717, 1.165) is 50.4 Å². The van der Waals surface area contributed by atoms with Gasteiger partial charge in [-0.15, -0.1) is 0 Å². The van der Waals surface area contributed by atoms with Crippen LogP contribution in [0.5, 0.6) is 0 Å². The van der Waals surface area contributed by atoms with Gasteiger partial charge in [0.15, 0.2) is 0 Å². The number of aldehydes is 1. The fourth-order valence-corrected chi connectivity index (χ4v) is 5.53. The van der Waals surface area contributed by atoms with Gasteiger partial charge >= 0.3 is 0 Å². The molecule has 0 amide bonds. The largest absolute Gasteiger partial charge is 0.378 e. The molecule has 0 aliphatic heterocycles. The van der Waals surface area contributed by atoms with Crippen LogP contribution in [0.3, 0.4) is 0 Å². The van der Waals surface area contributed by atoms with Crippen LogP contribution in [0.15, 0.2) is 16.0 Å². The number of carbonyl (C=O) groups excluding carboxylic acids is 1. The van der Waals surface area contributed by atoms with Crippen LogP contribution in [0.25, 0.3) is 0 Å². The highest BCUT2D eigenvalue weighted by Crippen LogP contribution is 2.41. The molecule has 302 valence electrons. The zero-order valence-corrected chi connectivity index (χ0v) is 37.7. The SMILES string of the molecule is CC.CCC(=C\CCC(C)(CC)C(C)(C)OC)/C(=N/S)C(C)=N.CCCC.CCCCCCC.CCCCCCCCCCCCCCC=O. The third kappa shape index (κ3) is 38.3. The Balaban J connectivity index is -0.000000203. The second kappa shape index (κ2) is 46.1. The second-order valence-electron chi connectivity index (χ2n) is 14.2. The molecule has 1 unspecified atom stereocenters. The van der Waals surface area contributed by atoms with Crippen molar-refractivity contribution in [1.29, 1.82) is 5.41 Å². The predicted octanol–water partition coefficient (Wildman–Crippen LogP) is 16.4. The van der Waals surface area contributed by atoms with E-state index in [1.807, 2.05) is 13.8 Å². The van der Waals surface area contributed by atoms with Gasteiger partial charge in [-0.3, -0.25) is 0 Å². The summed E-state index contributed by atoms with van der Waals surface area (Å²) in [4.78, 5) is 10.1. The summed E-state index contributed by atoms with van der Waals surface area (Å²) in [5.41, 5.74) is 2.24. The predicted molar refractivity (Wildman–Crippen MR) is 235 cm³/mol. The number of hydrogen-bond donors (Lipinski definition) is 2. The van der Waals surface area contributed by atoms with Crippen LogP contribution >= 0.6 is 12.8 Å². The molecule has 0 rings (SSSR count). The number of carbonyl (C=O) groups is 1. The molecule has 0 aliphatic carbocycles. The van der Waals surface area contributed by atoms with Crippen LogP contribution in [-0.4, -0.2) is 30.4 Å². The third-order valence-electron chi connectivity index (χ3n) is 9.85. The van der Waals surface area contributed by atoms with Gasteiger partial charge in [-0.1, -0.05) is 191 Å². The van der Waals surface area contributed by atoms with Gasteiger partial charge in [0, 0.05) is 13.5 Å². The van der Waals surface area contributed by atoms with Crippen molar-refractivity contribution in [3.8, 4) is 0 Å². The number of unbranched alkanes of at least 4 members (excludes halogenated alkanes) is 17.